The maximum absolute atomic E-state index is 11.8. The van der Waals surface area contributed by atoms with Crippen molar-refractivity contribution in [1.29, 1.82) is 0 Å². The van der Waals surface area contributed by atoms with E-state index in [0.29, 0.717) is 10.6 Å². The molecule has 0 saturated heterocycles. The summed E-state index contributed by atoms with van der Waals surface area (Å²) in [5, 5.41) is 9.94. The number of aromatic amines is 1. The van der Waals surface area contributed by atoms with Crippen molar-refractivity contribution in [1.82, 2.24) is 19.8 Å². The van der Waals surface area contributed by atoms with Gasteiger partial charge in [0.25, 0.3) is 5.91 Å². The molecule has 6 nitrogen and oxygen atoms in total. The van der Waals surface area contributed by atoms with E-state index in [0.717, 1.165) is 9.94 Å². The highest BCUT2D eigenvalue weighted by molar-refractivity contribution is 7.71. The third kappa shape index (κ3) is 2.50. The lowest BCUT2D eigenvalue weighted by Gasteiger charge is -2.14. The molecule has 2 rings (SSSR count). The van der Waals surface area contributed by atoms with Gasteiger partial charge in [0.05, 0.1) is 12.0 Å². The van der Waals surface area contributed by atoms with Gasteiger partial charge < -0.3 is 0 Å². The van der Waals surface area contributed by atoms with Crippen molar-refractivity contribution in [3.8, 4) is 10.7 Å². The molecule has 2 aromatic heterocycles. The maximum atomic E-state index is 11.8. The molecule has 0 fully saturated rings. The molecule has 0 radical (unpaired) electrons. The molecule has 0 aliphatic heterocycles. The van der Waals surface area contributed by atoms with E-state index < -0.39 is 0 Å². The van der Waals surface area contributed by atoms with E-state index in [-0.39, 0.29) is 12.5 Å². The van der Waals surface area contributed by atoms with Gasteiger partial charge in [-0.25, -0.2) is 5.06 Å². The fourth-order valence-electron chi connectivity index (χ4n) is 1.39. The van der Waals surface area contributed by atoms with Gasteiger partial charge in [-0.3, -0.25) is 19.3 Å². The second-order valence-corrected chi connectivity index (χ2v) is 4.82. The normalized spacial score (nSPS) is 10.6. The van der Waals surface area contributed by atoms with E-state index in [1.54, 1.807) is 11.6 Å². The Morgan fingerprint density at radius 3 is 3.11 bits per heavy atom. The van der Waals surface area contributed by atoms with E-state index in [4.69, 9.17) is 17.1 Å². The molecular weight excluding hydrogens is 272 g/mol. The molecule has 0 aliphatic rings. The third-order valence-electron chi connectivity index (χ3n) is 2.42. The summed E-state index contributed by atoms with van der Waals surface area (Å²) in [6.45, 7) is 0.0902. The number of likely N-dealkylation sites (N-methyl/N-ethyl adjacent to an activating group) is 1. The number of carbonyl (C=O) groups is 1. The lowest BCUT2D eigenvalue weighted by atomic mass is 10.4. The third-order valence-corrected chi connectivity index (χ3v) is 3.60. The zero-order valence-electron chi connectivity index (χ0n) is 9.91. The number of hydroxylamine groups is 2. The number of rotatable bonds is 4. The van der Waals surface area contributed by atoms with Gasteiger partial charge in [-0.05, 0) is 23.7 Å². The zero-order chi connectivity index (χ0) is 13.1. The van der Waals surface area contributed by atoms with Crippen molar-refractivity contribution in [3.63, 3.8) is 0 Å². The summed E-state index contributed by atoms with van der Waals surface area (Å²) in [4.78, 5) is 17.6. The number of carbonyl (C=O) groups excluding carboxylic acids is 1. The molecule has 0 spiro atoms. The van der Waals surface area contributed by atoms with Crippen LogP contribution in [0.1, 0.15) is 0 Å². The molecule has 0 atom stereocenters. The Balaban J connectivity index is 2.31. The van der Waals surface area contributed by atoms with Crippen LogP contribution in [-0.4, -0.2) is 39.9 Å². The molecule has 96 valence electrons. The largest absolute Gasteiger partial charge is 0.290 e. The predicted molar refractivity (Wildman–Crippen MR) is 70.5 cm³/mol. The summed E-state index contributed by atoms with van der Waals surface area (Å²) in [5.74, 6) is 0.459. The summed E-state index contributed by atoms with van der Waals surface area (Å²) >= 11 is 6.66. The van der Waals surface area contributed by atoms with Crippen LogP contribution in [0.5, 0.6) is 0 Å². The Kier molecular flexibility index (Phi) is 3.90. The SMILES string of the molecule is CON(C)C(=O)Cn1c(-c2cccs2)n[nH]c1=S. The highest BCUT2D eigenvalue weighted by Gasteiger charge is 2.15. The molecule has 0 bridgehead atoms. The molecule has 1 N–H and O–H groups in total. The minimum absolute atomic E-state index is 0.0902. The molecule has 8 heteroatoms. The molecular formula is C10H12N4O2S2. The Morgan fingerprint density at radius 1 is 1.72 bits per heavy atom. The molecule has 0 aliphatic carbocycles. The van der Waals surface area contributed by atoms with E-state index in [9.17, 15) is 4.79 Å². The van der Waals surface area contributed by atoms with Crippen LogP contribution in [-0.2, 0) is 16.2 Å². The average molecular weight is 284 g/mol. The van der Waals surface area contributed by atoms with Crippen molar-refractivity contribution >= 4 is 29.5 Å². The lowest BCUT2D eigenvalue weighted by Crippen LogP contribution is -2.29. The molecule has 2 heterocycles. The van der Waals surface area contributed by atoms with Crippen LogP contribution in [0.4, 0.5) is 0 Å². The number of aromatic nitrogens is 3. The standard InChI is InChI=1S/C10H12N4O2S2/c1-13(16-2)8(15)6-14-9(11-12-10(14)17)7-4-3-5-18-7/h3-5H,6H2,1-2H3,(H,12,17). The number of nitrogens with one attached hydrogen (secondary N) is 1. The Labute approximate surface area is 113 Å². The topological polar surface area (TPSA) is 63.1 Å². The van der Waals surface area contributed by atoms with Crippen LogP contribution in [0.25, 0.3) is 10.7 Å². The van der Waals surface area contributed by atoms with Gasteiger partial charge in [0, 0.05) is 7.05 Å². The quantitative estimate of drug-likeness (QED) is 0.685. The van der Waals surface area contributed by atoms with Gasteiger partial charge in [0.2, 0.25) is 0 Å². The molecule has 18 heavy (non-hydrogen) atoms. The maximum Gasteiger partial charge on any atom is 0.265 e. The summed E-state index contributed by atoms with van der Waals surface area (Å²) in [6.07, 6.45) is 0. The van der Waals surface area contributed by atoms with Crippen LogP contribution >= 0.6 is 23.6 Å². The minimum atomic E-state index is -0.201. The summed E-state index contributed by atoms with van der Waals surface area (Å²) < 4.78 is 2.07. The second kappa shape index (κ2) is 5.42. The van der Waals surface area contributed by atoms with Gasteiger partial charge in [-0.1, -0.05) is 6.07 Å². The van der Waals surface area contributed by atoms with Gasteiger partial charge in [0.1, 0.15) is 6.54 Å². The number of hydrogen-bond donors (Lipinski definition) is 1. The Bertz CT molecular complexity index is 587. The number of thiophene rings is 1. The zero-order valence-corrected chi connectivity index (χ0v) is 11.5. The summed E-state index contributed by atoms with van der Waals surface area (Å²) in [7, 11) is 2.99. The Hall–Kier alpha value is -1.51. The molecule has 0 aromatic carbocycles. The first-order valence-corrected chi connectivity index (χ1v) is 6.42. The first-order valence-electron chi connectivity index (χ1n) is 5.13. The van der Waals surface area contributed by atoms with Gasteiger partial charge in [-0.15, -0.1) is 11.3 Å². The molecule has 2 aromatic rings. The fourth-order valence-corrected chi connectivity index (χ4v) is 2.31. The van der Waals surface area contributed by atoms with Crippen LogP contribution in [0.3, 0.4) is 0 Å². The second-order valence-electron chi connectivity index (χ2n) is 3.49. The molecule has 0 saturated carbocycles. The fraction of sp³-hybridized carbons (Fsp3) is 0.300. The predicted octanol–water partition coefficient (Wildman–Crippen LogP) is 1.69. The van der Waals surface area contributed by atoms with Crippen LogP contribution < -0.4 is 0 Å². The van der Waals surface area contributed by atoms with Crippen molar-refractivity contribution in [3.05, 3.63) is 22.3 Å². The van der Waals surface area contributed by atoms with Crippen LogP contribution in [0.15, 0.2) is 17.5 Å². The van der Waals surface area contributed by atoms with Crippen molar-refractivity contribution in [2.75, 3.05) is 14.2 Å². The van der Waals surface area contributed by atoms with Gasteiger partial charge in [-0.2, -0.15) is 5.10 Å². The number of amides is 1. The summed E-state index contributed by atoms with van der Waals surface area (Å²) in [6, 6.07) is 3.85. The van der Waals surface area contributed by atoms with E-state index in [2.05, 4.69) is 10.2 Å². The number of hydrogen-bond acceptors (Lipinski definition) is 5. The Morgan fingerprint density at radius 2 is 2.50 bits per heavy atom. The van der Waals surface area contributed by atoms with Crippen LogP contribution in [0, 0.1) is 4.77 Å². The number of H-pyrrole nitrogens is 1. The van der Waals surface area contributed by atoms with E-state index in [1.807, 2.05) is 17.5 Å². The lowest BCUT2D eigenvalue weighted by molar-refractivity contribution is -0.169. The number of nitrogens with zero attached hydrogens (tertiary/aromatic N) is 3. The van der Waals surface area contributed by atoms with Crippen molar-refractivity contribution < 1.29 is 9.63 Å². The van der Waals surface area contributed by atoms with E-state index >= 15 is 0 Å². The van der Waals surface area contributed by atoms with Crippen molar-refractivity contribution in [2.45, 2.75) is 6.54 Å². The molecule has 0 unspecified atom stereocenters. The van der Waals surface area contributed by atoms with E-state index in [1.165, 1.54) is 18.4 Å². The smallest absolute Gasteiger partial charge is 0.265 e. The molecule has 1 amide bonds. The van der Waals surface area contributed by atoms with Gasteiger partial charge >= 0.3 is 0 Å². The van der Waals surface area contributed by atoms with Crippen molar-refractivity contribution in [2.24, 2.45) is 0 Å². The first-order chi connectivity index (χ1) is 8.63. The monoisotopic (exact) mass is 284 g/mol. The van der Waals surface area contributed by atoms with Crippen LogP contribution in [0.2, 0.25) is 0 Å². The average Bonchev–Trinajstić information content (AvgIpc) is 2.99. The first kappa shape index (κ1) is 12.9. The summed E-state index contributed by atoms with van der Waals surface area (Å²) in [5.41, 5.74) is 0. The minimum Gasteiger partial charge on any atom is -0.290 e. The van der Waals surface area contributed by atoms with Gasteiger partial charge in [0.15, 0.2) is 10.6 Å². The highest BCUT2D eigenvalue weighted by atomic mass is 32.1. The highest BCUT2D eigenvalue weighted by Crippen LogP contribution is 2.22.